The molecule has 1 saturated carbocycles. The van der Waals surface area contributed by atoms with Crippen LogP contribution in [0, 0.1) is 5.41 Å². The zero-order valence-corrected chi connectivity index (χ0v) is 12.0. The molecule has 3 nitrogen and oxygen atoms in total. The molecule has 1 saturated heterocycles. The van der Waals surface area contributed by atoms with E-state index < -0.39 is 0 Å². The molecule has 2 aliphatic rings. The van der Waals surface area contributed by atoms with Crippen molar-refractivity contribution in [2.45, 2.75) is 63.9 Å². The van der Waals surface area contributed by atoms with Gasteiger partial charge in [-0.3, -0.25) is 0 Å². The number of nitrogens with one attached hydrogen (secondary N) is 1. The van der Waals surface area contributed by atoms with Gasteiger partial charge in [-0.1, -0.05) is 25.7 Å². The Morgan fingerprint density at radius 2 is 1.72 bits per heavy atom. The second-order valence-corrected chi connectivity index (χ2v) is 6.62. The van der Waals surface area contributed by atoms with Crippen molar-refractivity contribution in [3.05, 3.63) is 0 Å². The smallest absolute Gasteiger partial charge is 0.0779 e. The Morgan fingerprint density at radius 1 is 1.00 bits per heavy atom. The quantitative estimate of drug-likeness (QED) is 0.741. The van der Waals surface area contributed by atoms with Gasteiger partial charge in [-0.05, 0) is 44.6 Å². The molecule has 0 spiro atoms. The topological polar surface area (TPSA) is 47.3 Å². The first-order valence-electron chi connectivity index (χ1n) is 7.73. The van der Waals surface area contributed by atoms with Gasteiger partial charge in [0.15, 0.2) is 0 Å². The molecule has 0 aromatic carbocycles. The molecule has 0 bridgehead atoms. The lowest BCUT2D eigenvalue weighted by atomic mass is 9.80. The Morgan fingerprint density at radius 3 is 2.28 bits per heavy atom. The predicted molar refractivity (Wildman–Crippen MR) is 75.7 cm³/mol. The minimum absolute atomic E-state index is 0.0700. The lowest BCUT2D eigenvalue weighted by molar-refractivity contribution is 0.0184. The van der Waals surface area contributed by atoms with Crippen LogP contribution in [0.2, 0.25) is 0 Å². The van der Waals surface area contributed by atoms with E-state index in [0.29, 0.717) is 5.41 Å². The molecule has 0 amide bonds. The van der Waals surface area contributed by atoms with Crippen LogP contribution >= 0.6 is 0 Å². The predicted octanol–water partition coefficient (Wildman–Crippen LogP) is 2.44. The summed E-state index contributed by atoms with van der Waals surface area (Å²) in [6.07, 6.45) is 10.5. The van der Waals surface area contributed by atoms with Gasteiger partial charge in [0.25, 0.3) is 0 Å². The molecule has 0 radical (unpaired) electrons. The average Bonchev–Trinajstić information content (AvgIpc) is 2.66. The van der Waals surface area contributed by atoms with Crippen molar-refractivity contribution >= 4 is 0 Å². The van der Waals surface area contributed by atoms with Crippen LogP contribution in [0.5, 0.6) is 0 Å². The van der Waals surface area contributed by atoms with E-state index in [4.69, 9.17) is 10.5 Å². The Balaban J connectivity index is 1.79. The summed E-state index contributed by atoms with van der Waals surface area (Å²) >= 11 is 0. The zero-order valence-electron chi connectivity index (χ0n) is 12.0. The van der Waals surface area contributed by atoms with Gasteiger partial charge in [-0.15, -0.1) is 0 Å². The third-order valence-electron chi connectivity index (χ3n) is 4.90. The van der Waals surface area contributed by atoms with Crippen molar-refractivity contribution in [3.8, 4) is 0 Å². The molecule has 106 valence electrons. The molecule has 0 aromatic heterocycles. The van der Waals surface area contributed by atoms with Crippen molar-refractivity contribution in [2.75, 3.05) is 26.2 Å². The Bertz CT molecular complexity index is 241. The number of hydrogen-bond acceptors (Lipinski definition) is 3. The van der Waals surface area contributed by atoms with Crippen LogP contribution < -0.4 is 11.1 Å². The third-order valence-corrected chi connectivity index (χ3v) is 4.90. The number of rotatable bonds is 5. The summed E-state index contributed by atoms with van der Waals surface area (Å²) in [6, 6.07) is 0. The first kappa shape index (κ1) is 14.3. The van der Waals surface area contributed by atoms with Gasteiger partial charge in [0.2, 0.25) is 0 Å². The van der Waals surface area contributed by atoms with Crippen LogP contribution in [0.4, 0.5) is 0 Å². The first-order chi connectivity index (χ1) is 8.68. The Labute approximate surface area is 112 Å². The van der Waals surface area contributed by atoms with Crippen LogP contribution in [0.3, 0.4) is 0 Å². The van der Waals surface area contributed by atoms with Gasteiger partial charge in [0.05, 0.1) is 5.60 Å². The lowest BCUT2D eigenvalue weighted by Crippen LogP contribution is -2.45. The molecular formula is C15H30N2O. The van der Waals surface area contributed by atoms with Crippen LogP contribution in [-0.2, 0) is 4.74 Å². The maximum atomic E-state index is 6.06. The molecule has 1 atom stereocenters. The fraction of sp³-hybridized carbons (Fsp3) is 1.00. The highest BCUT2D eigenvalue weighted by molar-refractivity contribution is 4.88. The summed E-state index contributed by atoms with van der Waals surface area (Å²) in [5.41, 5.74) is 6.49. The summed E-state index contributed by atoms with van der Waals surface area (Å²) in [6.45, 7) is 6.05. The maximum Gasteiger partial charge on any atom is 0.0779 e. The molecule has 2 rings (SSSR count). The van der Waals surface area contributed by atoms with Crippen molar-refractivity contribution < 1.29 is 4.74 Å². The van der Waals surface area contributed by atoms with Crippen molar-refractivity contribution in [2.24, 2.45) is 11.1 Å². The monoisotopic (exact) mass is 254 g/mol. The molecular weight excluding hydrogens is 224 g/mol. The average molecular weight is 254 g/mol. The van der Waals surface area contributed by atoms with Crippen molar-refractivity contribution in [1.82, 2.24) is 5.32 Å². The van der Waals surface area contributed by atoms with Crippen LogP contribution in [0.1, 0.15) is 58.3 Å². The highest BCUT2D eigenvalue weighted by Gasteiger charge is 2.32. The van der Waals surface area contributed by atoms with Crippen LogP contribution in [0.15, 0.2) is 0 Å². The molecule has 1 unspecified atom stereocenters. The molecule has 18 heavy (non-hydrogen) atoms. The van der Waals surface area contributed by atoms with Gasteiger partial charge >= 0.3 is 0 Å². The van der Waals surface area contributed by atoms with E-state index in [1.54, 1.807) is 0 Å². The summed E-state index contributed by atoms with van der Waals surface area (Å²) in [7, 11) is 0. The standard InChI is InChI=1S/C15H30N2O/c1-14(7-6-10-18-14)12-17-13-15(11-16)8-4-2-3-5-9-15/h17H,2-13,16H2,1H3. The van der Waals surface area contributed by atoms with E-state index in [2.05, 4.69) is 12.2 Å². The number of hydrogen-bond donors (Lipinski definition) is 2. The molecule has 1 aliphatic heterocycles. The summed E-state index contributed by atoms with van der Waals surface area (Å²) in [5, 5.41) is 3.65. The minimum atomic E-state index is 0.0700. The van der Waals surface area contributed by atoms with Gasteiger partial charge in [-0.2, -0.15) is 0 Å². The Hall–Kier alpha value is -0.120. The van der Waals surface area contributed by atoms with E-state index in [0.717, 1.165) is 26.2 Å². The normalized spacial score (nSPS) is 32.3. The lowest BCUT2D eigenvalue weighted by Gasteiger charge is -2.33. The van der Waals surface area contributed by atoms with Gasteiger partial charge in [0.1, 0.15) is 0 Å². The molecule has 0 aromatic rings. The van der Waals surface area contributed by atoms with Crippen molar-refractivity contribution in [3.63, 3.8) is 0 Å². The first-order valence-corrected chi connectivity index (χ1v) is 7.73. The highest BCUT2D eigenvalue weighted by Crippen LogP contribution is 2.34. The van der Waals surface area contributed by atoms with E-state index in [1.807, 2.05) is 0 Å². The van der Waals surface area contributed by atoms with E-state index in [9.17, 15) is 0 Å². The number of ether oxygens (including phenoxy) is 1. The summed E-state index contributed by atoms with van der Waals surface area (Å²) in [4.78, 5) is 0. The van der Waals surface area contributed by atoms with E-state index >= 15 is 0 Å². The second kappa shape index (κ2) is 6.36. The fourth-order valence-electron chi connectivity index (χ4n) is 3.50. The van der Waals surface area contributed by atoms with Gasteiger partial charge in [0, 0.05) is 19.7 Å². The van der Waals surface area contributed by atoms with Crippen molar-refractivity contribution in [1.29, 1.82) is 0 Å². The fourth-order valence-corrected chi connectivity index (χ4v) is 3.50. The molecule has 3 heteroatoms. The third kappa shape index (κ3) is 3.69. The van der Waals surface area contributed by atoms with Crippen LogP contribution in [-0.4, -0.2) is 31.8 Å². The van der Waals surface area contributed by atoms with Gasteiger partial charge in [-0.25, -0.2) is 0 Å². The molecule has 1 heterocycles. The number of nitrogens with two attached hydrogens (primary N) is 1. The zero-order chi connectivity index (χ0) is 12.9. The Kier molecular flexibility index (Phi) is 5.05. The minimum Gasteiger partial charge on any atom is -0.374 e. The van der Waals surface area contributed by atoms with E-state index in [1.165, 1.54) is 51.4 Å². The molecule has 1 aliphatic carbocycles. The van der Waals surface area contributed by atoms with Gasteiger partial charge < -0.3 is 15.8 Å². The van der Waals surface area contributed by atoms with E-state index in [-0.39, 0.29) is 5.60 Å². The summed E-state index contributed by atoms with van der Waals surface area (Å²) < 4.78 is 5.83. The summed E-state index contributed by atoms with van der Waals surface area (Å²) in [5.74, 6) is 0. The largest absolute Gasteiger partial charge is 0.374 e. The highest BCUT2D eigenvalue weighted by atomic mass is 16.5. The second-order valence-electron chi connectivity index (χ2n) is 6.62. The van der Waals surface area contributed by atoms with Crippen LogP contribution in [0.25, 0.3) is 0 Å². The SMILES string of the molecule is CC1(CNCC2(CN)CCCCCC2)CCCO1. The molecule has 3 N–H and O–H groups in total. The molecule has 2 fully saturated rings. The maximum absolute atomic E-state index is 6.06.